The summed E-state index contributed by atoms with van der Waals surface area (Å²) in [5.74, 6) is 0.379. The predicted octanol–water partition coefficient (Wildman–Crippen LogP) is 1.44. The molecule has 20 heavy (non-hydrogen) atoms. The summed E-state index contributed by atoms with van der Waals surface area (Å²) >= 11 is 0. The molecule has 2 rings (SSSR count). The fourth-order valence-electron chi connectivity index (χ4n) is 2.25. The van der Waals surface area contributed by atoms with Crippen molar-refractivity contribution >= 4 is 11.8 Å². The highest BCUT2D eigenvalue weighted by Crippen LogP contribution is 2.14. The summed E-state index contributed by atoms with van der Waals surface area (Å²) in [6.45, 7) is 1.66. The monoisotopic (exact) mass is 276 g/mol. The molecule has 2 amide bonds. The van der Waals surface area contributed by atoms with E-state index in [0.29, 0.717) is 11.3 Å². The van der Waals surface area contributed by atoms with Gasteiger partial charge in [-0.2, -0.15) is 0 Å². The molecule has 1 fully saturated rings. The number of piperidine rings is 1. The van der Waals surface area contributed by atoms with Crippen LogP contribution in [0.2, 0.25) is 0 Å². The van der Waals surface area contributed by atoms with Gasteiger partial charge in [-0.15, -0.1) is 0 Å². The number of carbonyl (C=O) groups excluding carboxylic acids is 2. The molecule has 1 saturated heterocycles. The number of hydrogen-bond donors (Lipinski definition) is 1. The van der Waals surface area contributed by atoms with Crippen LogP contribution in [0.5, 0.6) is 5.75 Å². The number of amides is 2. The first kappa shape index (κ1) is 14.4. The molecule has 5 heteroatoms. The second-order valence-corrected chi connectivity index (χ2v) is 4.84. The Labute approximate surface area is 118 Å². The predicted molar refractivity (Wildman–Crippen MR) is 75.8 cm³/mol. The van der Waals surface area contributed by atoms with Crippen LogP contribution in [0, 0.1) is 0 Å². The Morgan fingerprint density at radius 2 is 2.00 bits per heavy atom. The first-order chi connectivity index (χ1) is 9.70. The third-order valence-corrected chi connectivity index (χ3v) is 3.39. The van der Waals surface area contributed by atoms with Gasteiger partial charge in [-0.3, -0.25) is 9.59 Å². The van der Waals surface area contributed by atoms with E-state index in [0.717, 1.165) is 25.9 Å². The van der Waals surface area contributed by atoms with E-state index in [2.05, 4.69) is 5.32 Å². The minimum absolute atomic E-state index is 0.00930. The maximum Gasteiger partial charge on any atom is 0.260 e. The summed E-state index contributed by atoms with van der Waals surface area (Å²) < 4.78 is 5.49. The van der Waals surface area contributed by atoms with Gasteiger partial charge in [-0.1, -0.05) is 6.07 Å². The molecule has 0 spiro atoms. The average molecular weight is 276 g/mol. The zero-order chi connectivity index (χ0) is 14.4. The second kappa shape index (κ2) is 6.93. The van der Waals surface area contributed by atoms with Crippen LogP contribution in [0.15, 0.2) is 24.3 Å². The molecule has 108 valence electrons. The Morgan fingerprint density at radius 3 is 2.70 bits per heavy atom. The first-order valence-corrected chi connectivity index (χ1v) is 6.93. The van der Waals surface area contributed by atoms with Crippen LogP contribution in [0.25, 0.3) is 0 Å². The van der Waals surface area contributed by atoms with Gasteiger partial charge >= 0.3 is 0 Å². The van der Waals surface area contributed by atoms with Crippen molar-refractivity contribution in [2.45, 2.75) is 19.3 Å². The standard InChI is InChI=1S/C15H20N2O3/c1-16-15(19)12-6-5-7-13(10-12)20-11-14(18)17-8-3-2-4-9-17/h5-7,10H,2-4,8-9,11H2,1H3,(H,16,19). The molecule has 1 aliphatic rings. The Balaban J connectivity index is 1.90. The van der Waals surface area contributed by atoms with Crippen LogP contribution in [0.1, 0.15) is 29.6 Å². The van der Waals surface area contributed by atoms with E-state index in [1.165, 1.54) is 6.42 Å². The summed E-state index contributed by atoms with van der Waals surface area (Å²) in [7, 11) is 1.58. The molecule has 0 bridgehead atoms. The van der Waals surface area contributed by atoms with Crippen LogP contribution in [-0.2, 0) is 4.79 Å². The number of carbonyl (C=O) groups is 2. The lowest BCUT2D eigenvalue weighted by Gasteiger charge is -2.26. The van der Waals surface area contributed by atoms with Gasteiger partial charge < -0.3 is 15.0 Å². The van der Waals surface area contributed by atoms with Gasteiger partial charge in [-0.25, -0.2) is 0 Å². The van der Waals surface area contributed by atoms with E-state index in [9.17, 15) is 9.59 Å². The Hall–Kier alpha value is -2.04. The van der Waals surface area contributed by atoms with Crippen LogP contribution in [0.3, 0.4) is 0 Å². The average Bonchev–Trinajstić information content (AvgIpc) is 2.53. The molecular weight excluding hydrogens is 256 g/mol. The quantitative estimate of drug-likeness (QED) is 0.905. The van der Waals surface area contributed by atoms with Crippen LogP contribution in [-0.4, -0.2) is 43.5 Å². The third-order valence-electron chi connectivity index (χ3n) is 3.39. The molecule has 0 unspecified atom stereocenters. The summed E-state index contributed by atoms with van der Waals surface area (Å²) in [5.41, 5.74) is 0.524. The molecule has 1 N–H and O–H groups in total. The molecule has 0 aliphatic carbocycles. The molecule has 1 heterocycles. The van der Waals surface area contributed by atoms with E-state index >= 15 is 0 Å². The van der Waals surface area contributed by atoms with Crippen molar-refractivity contribution in [3.8, 4) is 5.75 Å². The van der Waals surface area contributed by atoms with Crippen molar-refractivity contribution in [2.24, 2.45) is 0 Å². The van der Waals surface area contributed by atoms with Crippen LogP contribution < -0.4 is 10.1 Å². The number of hydrogen-bond acceptors (Lipinski definition) is 3. The Morgan fingerprint density at radius 1 is 1.25 bits per heavy atom. The number of benzene rings is 1. The molecule has 1 aromatic carbocycles. The van der Waals surface area contributed by atoms with E-state index in [-0.39, 0.29) is 18.4 Å². The molecule has 0 radical (unpaired) electrons. The minimum atomic E-state index is -0.169. The fraction of sp³-hybridized carbons (Fsp3) is 0.467. The maximum atomic E-state index is 12.0. The van der Waals surface area contributed by atoms with Gasteiger partial charge in [-0.05, 0) is 37.5 Å². The van der Waals surface area contributed by atoms with Gasteiger partial charge in [0, 0.05) is 25.7 Å². The van der Waals surface area contributed by atoms with Crippen molar-refractivity contribution in [3.05, 3.63) is 29.8 Å². The zero-order valence-electron chi connectivity index (χ0n) is 11.7. The highest BCUT2D eigenvalue weighted by molar-refractivity contribution is 5.94. The van der Waals surface area contributed by atoms with E-state index < -0.39 is 0 Å². The van der Waals surface area contributed by atoms with Crippen molar-refractivity contribution in [3.63, 3.8) is 0 Å². The largest absolute Gasteiger partial charge is 0.484 e. The number of rotatable bonds is 4. The van der Waals surface area contributed by atoms with Gasteiger partial charge in [0.15, 0.2) is 6.61 Å². The summed E-state index contributed by atoms with van der Waals surface area (Å²) in [6.07, 6.45) is 3.33. The topological polar surface area (TPSA) is 58.6 Å². The minimum Gasteiger partial charge on any atom is -0.484 e. The van der Waals surface area contributed by atoms with Crippen molar-refractivity contribution in [1.82, 2.24) is 10.2 Å². The number of nitrogens with one attached hydrogen (secondary N) is 1. The summed E-state index contributed by atoms with van der Waals surface area (Å²) in [4.78, 5) is 25.3. The van der Waals surface area contributed by atoms with E-state index in [1.807, 2.05) is 4.90 Å². The fourth-order valence-corrected chi connectivity index (χ4v) is 2.25. The normalized spacial score (nSPS) is 14.8. The highest BCUT2D eigenvalue weighted by atomic mass is 16.5. The zero-order valence-corrected chi connectivity index (χ0v) is 11.7. The van der Waals surface area contributed by atoms with Crippen molar-refractivity contribution in [1.29, 1.82) is 0 Å². The Kier molecular flexibility index (Phi) is 4.98. The highest BCUT2D eigenvalue weighted by Gasteiger charge is 2.16. The van der Waals surface area contributed by atoms with Gasteiger partial charge in [0.2, 0.25) is 0 Å². The van der Waals surface area contributed by atoms with Gasteiger partial charge in [0.1, 0.15) is 5.75 Å². The SMILES string of the molecule is CNC(=O)c1cccc(OCC(=O)N2CCCCC2)c1. The smallest absolute Gasteiger partial charge is 0.260 e. The number of ether oxygens (including phenoxy) is 1. The molecule has 0 aromatic heterocycles. The molecular formula is C15H20N2O3. The molecule has 5 nitrogen and oxygen atoms in total. The third kappa shape index (κ3) is 3.73. The second-order valence-electron chi connectivity index (χ2n) is 4.84. The van der Waals surface area contributed by atoms with Crippen LogP contribution in [0.4, 0.5) is 0 Å². The molecule has 1 aliphatic heterocycles. The van der Waals surface area contributed by atoms with Gasteiger partial charge in [0.25, 0.3) is 11.8 Å². The van der Waals surface area contributed by atoms with E-state index in [4.69, 9.17) is 4.74 Å². The summed E-state index contributed by atoms with van der Waals surface area (Å²) in [6, 6.07) is 6.83. The van der Waals surface area contributed by atoms with Crippen molar-refractivity contribution in [2.75, 3.05) is 26.7 Å². The number of likely N-dealkylation sites (tertiary alicyclic amines) is 1. The number of nitrogens with zero attached hydrogens (tertiary/aromatic N) is 1. The lowest BCUT2D eigenvalue weighted by atomic mass is 10.1. The molecule has 0 atom stereocenters. The summed E-state index contributed by atoms with van der Waals surface area (Å²) in [5, 5.41) is 2.56. The maximum absolute atomic E-state index is 12.0. The Bertz CT molecular complexity index is 482. The van der Waals surface area contributed by atoms with Gasteiger partial charge in [0.05, 0.1) is 0 Å². The van der Waals surface area contributed by atoms with E-state index in [1.54, 1.807) is 31.3 Å². The lowest BCUT2D eigenvalue weighted by molar-refractivity contribution is -0.134. The lowest BCUT2D eigenvalue weighted by Crippen LogP contribution is -2.38. The van der Waals surface area contributed by atoms with Crippen molar-refractivity contribution < 1.29 is 14.3 Å². The first-order valence-electron chi connectivity index (χ1n) is 6.93. The molecule has 0 saturated carbocycles. The van der Waals surface area contributed by atoms with Crippen LogP contribution >= 0.6 is 0 Å². The molecule has 1 aromatic rings.